The highest BCUT2D eigenvalue weighted by atomic mass is 35.5. The van der Waals surface area contributed by atoms with Crippen molar-refractivity contribution in [3.63, 3.8) is 0 Å². The molecule has 0 amide bonds. The minimum absolute atomic E-state index is 0.0143. The predicted octanol–water partition coefficient (Wildman–Crippen LogP) is 2.44. The molecule has 7 heteroatoms. The molecular weight excluding hydrogens is 294 g/mol. The van der Waals surface area contributed by atoms with Crippen LogP contribution in [0.1, 0.15) is 18.7 Å². The number of carbonyl (C=O) groups is 1. The van der Waals surface area contributed by atoms with E-state index in [2.05, 4.69) is 10.1 Å². The van der Waals surface area contributed by atoms with E-state index in [0.717, 1.165) is 18.4 Å². The van der Waals surface area contributed by atoms with Crippen LogP contribution in [0.2, 0.25) is 5.02 Å². The molecular formula is C14H14ClN3O3. The average Bonchev–Trinajstić information content (AvgIpc) is 3.18. The Kier molecular flexibility index (Phi) is 3.90. The van der Waals surface area contributed by atoms with E-state index in [9.17, 15) is 4.79 Å². The first-order valence-electron chi connectivity index (χ1n) is 6.66. The van der Waals surface area contributed by atoms with Crippen LogP contribution in [0.15, 0.2) is 28.8 Å². The van der Waals surface area contributed by atoms with Crippen molar-refractivity contribution in [1.82, 2.24) is 15.0 Å². The van der Waals surface area contributed by atoms with Gasteiger partial charge in [-0.05, 0) is 25.0 Å². The molecule has 0 atom stereocenters. The fourth-order valence-electron chi connectivity index (χ4n) is 2.17. The number of aliphatic carboxylic acids is 1. The zero-order chi connectivity index (χ0) is 14.8. The molecule has 1 fully saturated rings. The van der Waals surface area contributed by atoms with Crippen molar-refractivity contribution in [1.29, 1.82) is 0 Å². The Morgan fingerprint density at radius 1 is 1.48 bits per heavy atom. The Balaban J connectivity index is 1.73. The average molecular weight is 308 g/mol. The summed E-state index contributed by atoms with van der Waals surface area (Å²) in [6.07, 6.45) is 2.03. The molecule has 1 saturated carbocycles. The standard InChI is InChI=1S/C14H14ClN3O3/c15-10-3-1-2-9(6-10)14-16-12(21-17-14)7-18(8-13(19)20)11-4-5-11/h1-3,6,11H,4-5,7-8H2,(H,19,20). The van der Waals surface area contributed by atoms with Crippen molar-refractivity contribution in [3.8, 4) is 11.4 Å². The largest absolute Gasteiger partial charge is 0.480 e. The molecule has 2 aromatic rings. The zero-order valence-corrected chi connectivity index (χ0v) is 12.0. The second-order valence-corrected chi connectivity index (χ2v) is 5.49. The molecule has 21 heavy (non-hydrogen) atoms. The lowest BCUT2D eigenvalue weighted by Gasteiger charge is -2.16. The van der Waals surface area contributed by atoms with Gasteiger partial charge in [-0.1, -0.05) is 28.9 Å². The van der Waals surface area contributed by atoms with Crippen LogP contribution in [0.3, 0.4) is 0 Å². The minimum atomic E-state index is -0.850. The van der Waals surface area contributed by atoms with Crippen molar-refractivity contribution >= 4 is 17.6 Å². The topological polar surface area (TPSA) is 79.5 Å². The fraction of sp³-hybridized carbons (Fsp3) is 0.357. The molecule has 0 spiro atoms. The first-order valence-corrected chi connectivity index (χ1v) is 7.04. The van der Waals surface area contributed by atoms with E-state index in [-0.39, 0.29) is 6.54 Å². The van der Waals surface area contributed by atoms with Crippen LogP contribution in [0.25, 0.3) is 11.4 Å². The monoisotopic (exact) mass is 307 g/mol. The van der Waals surface area contributed by atoms with Gasteiger partial charge in [0.15, 0.2) is 0 Å². The number of halogens is 1. The Labute approximate surface area is 126 Å². The molecule has 110 valence electrons. The third-order valence-electron chi connectivity index (χ3n) is 3.29. The van der Waals surface area contributed by atoms with Gasteiger partial charge in [0.05, 0.1) is 13.1 Å². The molecule has 1 heterocycles. The summed E-state index contributed by atoms with van der Waals surface area (Å²) in [4.78, 5) is 17.0. The third kappa shape index (κ3) is 3.59. The first-order chi connectivity index (χ1) is 10.1. The predicted molar refractivity (Wildman–Crippen MR) is 75.8 cm³/mol. The molecule has 0 aliphatic heterocycles. The lowest BCUT2D eigenvalue weighted by molar-refractivity contribution is -0.138. The van der Waals surface area contributed by atoms with Gasteiger partial charge in [0.25, 0.3) is 0 Å². The van der Waals surface area contributed by atoms with Gasteiger partial charge in [-0.15, -0.1) is 0 Å². The van der Waals surface area contributed by atoms with E-state index in [1.807, 2.05) is 17.0 Å². The van der Waals surface area contributed by atoms with Crippen molar-refractivity contribution in [2.75, 3.05) is 6.54 Å². The second-order valence-electron chi connectivity index (χ2n) is 5.05. The van der Waals surface area contributed by atoms with Crippen molar-refractivity contribution in [2.45, 2.75) is 25.4 Å². The normalized spacial score (nSPS) is 14.6. The maximum absolute atomic E-state index is 10.9. The van der Waals surface area contributed by atoms with Gasteiger partial charge in [-0.25, -0.2) is 0 Å². The van der Waals surface area contributed by atoms with Gasteiger partial charge in [0.1, 0.15) is 0 Å². The van der Waals surface area contributed by atoms with E-state index in [0.29, 0.717) is 29.3 Å². The molecule has 6 nitrogen and oxygen atoms in total. The van der Waals surface area contributed by atoms with Crippen LogP contribution in [0, 0.1) is 0 Å². The van der Waals surface area contributed by atoms with E-state index >= 15 is 0 Å². The number of rotatable bonds is 6. The fourth-order valence-corrected chi connectivity index (χ4v) is 2.36. The SMILES string of the molecule is O=C(O)CN(Cc1nc(-c2cccc(Cl)c2)no1)C1CC1. The van der Waals surface area contributed by atoms with Gasteiger partial charge in [0, 0.05) is 16.6 Å². The third-order valence-corrected chi connectivity index (χ3v) is 3.53. The highest BCUT2D eigenvalue weighted by Crippen LogP contribution is 2.28. The number of benzene rings is 1. The summed E-state index contributed by atoms with van der Waals surface area (Å²) in [5.41, 5.74) is 0.772. The van der Waals surface area contributed by atoms with Gasteiger partial charge < -0.3 is 9.63 Å². The van der Waals surface area contributed by atoms with E-state index < -0.39 is 5.97 Å². The molecule has 1 N–H and O–H groups in total. The summed E-state index contributed by atoms with van der Waals surface area (Å²) >= 11 is 5.93. The molecule has 1 aromatic heterocycles. The quantitative estimate of drug-likeness (QED) is 0.883. The Hall–Kier alpha value is -1.92. The summed E-state index contributed by atoms with van der Waals surface area (Å²) in [6.45, 7) is 0.337. The van der Waals surface area contributed by atoms with Crippen LogP contribution in [-0.2, 0) is 11.3 Å². The molecule has 1 aliphatic carbocycles. The Morgan fingerprint density at radius 2 is 2.29 bits per heavy atom. The second kappa shape index (κ2) is 5.83. The van der Waals surface area contributed by atoms with E-state index in [1.54, 1.807) is 12.1 Å². The van der Waals surface area contributed by atoms with Crippen LogP contribution in [-0.4, -0.2) is 38.7 Å². The first kappa shape index (κ1) is 14.0. The lowest BCUT2D eigenvalue weighted by atomic mass is 10.2. The van der Waals surface area contributed by atoms with Crippen LogP contribution in [0.5, 0.6) is 0 Å². The van der Waals surface area contributed by atoms with Crippen LogP contribution in [0.4, 0.5) is 0 Å². The molecule has 0 bridgehead atoms. The highest BCUT2D eigenvalue weighted by Gasteiger charge is 2.31. The summed E-state index contributed by atoms with van der Waals surface area (Å²) in [6, 6.07) is 7.49. The number of carboxylic acid groups (broad SMARTS) is 1. The molecule has 0 unspecified atom stereocenters. The lowest BCUT2D eigenvalue weighted by Crippen LogP contribution is -2.31. The molecule has 1 aliphatic rings. The Morgan fingerprint density at radius 3 is 2.95 bits per heavy atom. The maximum atomic E-state index is 10.9. The molecule has 1 aromatic carbocycles. The van der Waals surface area contributed by atoms with Gasteiger partial charge >= 0.3 is 5.97 Å². The molecule has 0 saturated heterocycles. The smallest absolute Gasteiger partial charge is 0.317 e. The summed E-state index contributed by atoms with van der Waals surface area (Å²) in [5.74, 6) is 0.0215. The number of hydrogen-bond acceptors (Lipinski definition) is 5. The zero-order valence-electron chi connectivity index (χ0n) is 11.2. The van der Waals surface area contributed by atoms with Gasteiger partial charge in [-0.3, -0.25) is 9.69 Å². The van der Waals surface area contributed by atoms with Crippen molar-refractivity contribution in [3.05, 3.63) is 35.2 Å². The van der Waals surface area contributed by atoms with E-state index in [1.165, 1.54) is 0 Å². The van der Waals surface area contributed by atoms with Crippen molar-refractivity contribution < 1.29 is 14.4 Å². The summed E-state index contributed by atoms with van der Waals surface area (Å²) in [5, 5.41) is 13.5. The highest BCUT2D eigenvalue weighted by molar-refractivity contribution is 6.30. The minimum Gasteiger partial charge on any atom is -0.480 e. The van der Waals surface area contributed by atoms with Gasteiger partial charge in [0.2, 0.25) is 11.7 Å². The van der Waals surface area contributed by atoms with E-state index in [4.69, 9.17) is 21.2 Å². The molecule has 3 rings (SSSR count). The van der Waals surface area contributed by atoms with Crippen LogP contribution < -0.4 is 0 Å². The maximum Gasteiger partial charge on any atom is 0.317 e. The summed E-state index contributed by atoms with van der Waals surface area (Å²) < 4.78 is 5.21. The number of hydrogen-bond donors (Lipinski definition) is 1. The molecule has 0 radical (unpaired) electrons. The van der Waals surface area contributed by atoms with Gasteiger partial charge in [-0.2, -0.15) is 4.98 Å². The summed E-state index contributed by atoms with van der Waals surface area (Å²) in [7, 11) is 0. The Bertz CT molecular complexity index is 654. The number of nitrogens with zero attached hydrogens (tertiary/aromatic N) is 3. The number of aromatic nitrogens is 2. The van der Waals surface area contributed by atoms with Crippen LogP contribution >= 0.6 is 11.6 Å². The number of carboxylic acids is 1. The van der Waals surface area contributed by atoms with Crippen molar-refractivity contribution in [2.24, 2.45) is 0 Å².